The van der Waals surface area contributed by atoms with E-state index in [0.29, 0.717) is 65.9 Å². The van der Waals surface area contributed by atoms with Gasteiger partial charge in [0.25, 0.3) is 29.5 Å². The molecule has 1 saturated carbocycles. The summed E-state index contributed by atoms with van der Waals surface area (Å²) in [6, 6.07) is 67.9. The summed E-state index contributed by atoms with van der Waals surface area (Å²) in [5.41, 5.74) is 14.4. The van der Waals surface area contributed by atoms with Crippen LogP contribution in [0.5, 0.6) is 34.5 Å². The molecule has 0 aromatic heterocycles. The van der Waals surface area contributed by atoms with Crippen molar-refractivity contribution in [3.05, 3.63) is 278 Å². The van der Waals surface area contributed by atoms with Crippen molar-refractivity contribution < 1.29 is 66.7 Å². The molecule has 12 aliphatic heterocycles. The largest absolute Gasteiger partial charge is 0.493 e. The Morgan fingerprint density at radius 1 is 0.347 bits per heavy atom. The molecule has 22 heteroatoms. The van der Waals surface area contributed by atoms with Gasteiger partial charge < -0.3 is 57.7 Å². The van der Waals surface area contributed by atoms with E-state index in [0.717, 1.165) is 273 Å². The average Bonchev–Trinajstić information content (AvgIpc) is 1.66. The monoisotopic (exact) mass is 2120 g/mol. The Morgan fingerprint density at radius 2 is 0.700 bits per heavy atom. The molecule has 150 heavy (non-hydrogen) atoms. The van der Waals surface area contributed by atoms with E-state index in [1.807, 2.05) is 126 Å². The fourth-order valence-corrected chi connectivity index (χ4v) is 27.2. The maximum Gasteiger partial charge on any atom is 0.253 e. The summed E-state index contributed by atoms with van der Waals surface area (Å²) in [7, 11) is 1.74. The first-order valence-corrected chi connectivity index (χ1v) is 60.3. The van der Waals surface area contributed by atoms with Crippen LogP contribution in [0, 0.1) is 0 Å². The van der Waals surface area contributed by atoms with Crippen LogP contribution >= 0.6 is 11.8 Å². The zero-order chi connectivity index (χ0) is 104. The minimum absolute atomic E-state index is 0.0699. The summed E-state index contributed by atoms with van der Waals surface area (Å²) < 4.78 is 49.1. The number of hydrogen-bond acceptors (Lipinski definition) is 15. The number of ether oxygens (including phenoxy) is 8. The van der Waals surface area contributed by atoms with Crippen LogP contribution in [0.4, 0.5) is 0 Å². The van der Waals surface area contributed by atoms with E-state index < -0.39 is 0 Å². The van der Waals surface area contributed by atoms with Crippen molar-refractivity contribution in [2.24, 2.45) is 0 Å². The quantitative estimate of drug-likeness (QED) is 0.0331. The van der Waals surface area contributed by atoms with Crippen molar-refractivity contribution in [3.8, 4) is 34.5 Å². The molecule has 20 nitrogen and oxygen atoms in total. The van der Waals surface area contributed by atoms with Crippen LogP contribution in [0.15, 0.2) is 200 Å². The number of amides is 6. The van der Waals surface area contributed by atoms with Gasteiger partial charge in [0, 0.05) is 151 Å². The summed E-state index contributed by atoms with van der Waals surface area (Å²) in [5.74, 6) is 9.34. The summed E-state index contributed by atoms with van der Waals surface area (Å²) in [5, 5.41) is 1.14. The van der Waals surface area contributed by atoms with Crippen molar-refractivity contribution in [2.45, 2.75) is 285 Å². The maximum absolute atomic E-state index is 12.8. The van der Waals surface area contributed by atoms with Crippen molar-refractivity contribution in [3.63, 3.8) is 0 Å². The first-order valence-electron chi connectivity index (χ1n) is 57.1. The van der Waals surface area contributed by atoms with Crippen LogP contribution in [0.3, 0.4) is 0 Å². The predicted molar refractivity (Wildman–Crippen MR) is 602 cm³/mol. The van der Waals surface area contributed by atoms with Crippen LogP contribution in [-0.2, 0) is 44.0 Å². The molecule has 1 aliphatic carbocycles. The summed E-state index contributed by atoms with van der Waals surface area (Å²) in [4.78, 5) is 88.1. The van der Waals surface area contributed by atoms with Crippen molar-refractivity contribution >= 4 is 66.6 Å². The Balaban J connectivity index is 0.000000123. The Bertz CT molecular complexity index is 5810. The number of unbranched alkanes of at least 4 members (excludes halogenated alkanes) is 4. The Labute approximate surface area is 904 Å². The number of methoxy groups -OCH3 is 1. The summed E-state index contributed by atoms with van der Waals surface area (Å²) >= 11 is 2.47. The predicted octanol–water partition coefficient (Wildman–Crippen LogP) is 24.8. The van der Waals surface area contributed by atoms with Crippen LogP contribution < -0.4 is 32.9 Å². The fraction of sp³-hybridized carbons (Fsp3) is 0.531. The Hall–Kier alpha value is -10.6. The molecule has 22 rings (SSSR count). The Morgan fingerprint density at radius 3 is 1.13 bits per heavy atom. The number of nitrogens with zero attached hydrogens (tertiary/aromatic N) is 6. The van der Waals surface area contributed by atoms with Gasteiger partial charge in [-0.1, -0.05) is 170 Å². The maximum atomic E-state index is 12.8. The van der Waals surface area contributed by atoms with Gasteiger partial charge in [-0.3, -0.25) is 24.0 Å². The second kappa shape index (κ2) is 54.3. The topological polar surface area (TPSA) is 196 Å². The van der Waals surface area contributed by atoms with Gasteiger partial charge in [0.05, 0.1) is 56.6 Å². The molecule has 6 saturated heterocycles. The molecule has 0 bridgehead atoms. The van der Waals surface area contributed by atoms with E-state index in [1.165, 1.54) is 165 Å². The van der Waals surface area contributed by atoms with Gasteiger partial charge >= 0.3 is 155 Å². The third-order valence-corrected chi connectivity index (χ3v) is 36.8. The molecule has 0 spiro atoms. The number of benzene rings is 9. The molecule has 6 atom stereocenters. The number of likely N-dealkylation sites (tertiary alicyclic amines) is 6. The summed E-state index contributed by atoms with van der Waals surface area (Å²) in [6.45, 7) is 27.3. The van der Waals surface area contributed by atoms with E-state index in [2.05, 4.69) is 150 Å². The minimum atomic E-state index is -0.210. The van der Waals surface area contributed by atoms with E-state index in [4.69, 9.17) is 37.9 Å². The number of fused-ring (bicyclic) bond motifs is 6. The van der Waals surface area contributed by atoms with Gasteiger partial charge in [0.15, 0.2) is 0 Å². The van der Waals surface area contributed by atoms with Gasteiger partial charge in [0.1, 0.15) is 35.4 Å². The number of rotatable bonds is 28. The number of hydrogen-bond donors (Lipinski definition) is 0. The molecular weight excluding hydrogens is 1960 g/mol. The average molecular weight is 2120 g/mol. The zero-order valence-corrected chi connectivity index (χ0v) is 92.9. The van der Waals surface area contributed by atoms with Gasteiger partial charge in [-0.15, -0.1) is 0 Å². The van der Waals surface area contributed by atoms with Crippen LogP contribution in [0.25, 0.3) is 0 Å². The van der Waals surface area contributed by atoms with Gasteiger partial charge in [-0.25, -0.2) is 0 Å². The van der Waals surface area contributed by atoms with Gasteiger partial charge in [-0.2, -0.15) is 11.8 Å². The second-order valence-corrected chi connectivity index (χ2v) is 48.2. The molecule has 6 amide bonds. The SMILES string of the molecule is CC1(COC2CCCCC2)COc2cc(C(=O)N3CCCCC3)ccc21.CCCCCCC1(C)COc2cc(C(=O)N3CCCCC3)ccc21.CCCCSCC1(C)COc2cc(C(=O)N3CCCCC3)ccc21.COCC1(Cc2ccccc2)COc2cc(C(=O)N3CCCCC3)ccc21.O=C(c1ccc2c(c1)OCC2C[Se]c1ccccc1)N1CCCCC1.O=C(c1ccc2c(c1)OCC2Cc1ccccc1)N1CCCCC1. The molecule has 0 N–H and O–H groups in total. The summed E-state index contributed by atoms with van der Waals surface area (Å²) in [6.07, 6.45) is 38.2. The van der Waals surface area contributed by atoms with Crippen LogP contribution in [0.1, 0.15) is 346 Å². The first kappa shape index (κ1) is 111. The molecule has 802 valence electrons. The molecule has 13 aliphatic rings. The van der Waals surface area contributed by atoms with Gasteiger partial charge in [0.2, 0.25) is 0 Å². The fourth-order valence-electron chi connectivity index (χ4n) is 23.7. The normalized spacial score (nSPS) is 22.2. The second-order valence-electron chi connectivity index (χ2n) is 44.8. The standard InChI is InChI=1S/C23H27NO3.C22H31NO3.C21H23NO2Se.C21H23NO2.C21H31NO2.C20H29NO2S/c1-26-16-23(15-18-8-4-2-5-9-18)17-27-21-14-19(10-11-20(21)23)22(25)24-12-6-3-7-13-24;1-22(15-25-18-8-4-2-5-9-18)16-26-20-14-17(10-11-19(20)22)21(24)23-12-6-3-7-13-23;23-21(22-11-5-2-6-12-22)16-9-10-19-17(14-24-20(19)13-16)15-25-18-7-3-1-4-8-18;23-21(22-11-5-2-6-12-22)17-9-10-19-18(15-24-20(19)14-17)13-16-7-3-1-4-8-16;1-3-4-5-7-12-21(2)16-24-19-15-17(10-11-18(19)21)20(23)22-13-8-6-9-14-22;1-3-4-12-24-15-20(2)14-23-18-13-16(8-9-17(18)20)19(22)21-10-6-5-7-11-21/h2,4-5,8-11,14H,3,6-7,12-13,15-17H2,1H3;10-11,14,18H,2-9,12-13,15-16H2,1H3;1,3-4,7-10,13,17H,2,5-6,11-12,14-15H2;1,3-4,7-10,14,18H,2,5-6,11-13,15H2;10-11,15H,3-9,12-14,16H2,1-2H3;8-9,13H,3-7,10-12,14-15H2,1-2H3. The van der Waals surface area contributed by atoms with Crippen LogP contribution in [0.2, 0.25) is 5.32 Å². The molecule has 9 aromatic rings. The molecule has 12 heterocycles. The van der Waals surface area contributed by atoms with E-state index in [1.54, 1.807) is 7.11 Å². The zero-order valence-electron chi connectivity index (χ0n) is 90.4. The van der Waals surface area contributed by atoms with E-state index in [-0.39, 0.29) is 57.1 Å². The smallest absolute Gasteiger partial charge is 0.253 e. The third kappa shape index (κ3) is 28.5. The molecular formula is C128H164N6O14SSe. The molecule has 0 radical (unpaired) electrons. The molecule has 6 unspecified atom stereocenters. The van der Waals surface area contributed by atoms with Crippen molar-refractivity contribution in [1.82, 2.24) is 29.4 Å². The third-order valence-electron chi connectivity index (χ3n) is 32.9. The number of carbonyl (C=O) groups is 6. The van der Waals surface area contributed by atoms with E-state index in [9.17, 15) is 28.8 Å². The van der Waals surface area contributed by atoms with Crippen molar-refractivity contribution in [1.29, 1.82) is 0 Å². The number of thioether (sulfide) groups is 1. The number of piperidine rings is 6. The Kier molecular flexibility index (Phi) is 40.0. The van der Waals surface area contributed by atoms with Crippen LogP contribution in [-0.4, -0.2) is 236 Å². The molecule has 9 aromatic carbocycles. The minimum Gasteiger partial charge on any atom is -0.493 e. The van der Waals surface area contributed by atoms with Crippen molar-refractivity contribution in [2.75, 3.05) is 150 Å². The van der Waals surface area contributed by atoms with Gasteiger partial charge in [-0.05, 0) is 219 Å². The molecule has 7 fully saturated rings. The van der Waals surface area contributed by atoms with E-state index >= 15 is 0 Å². The first-order chi connectivity index (χ1) is 73.3. The number of carbonyl (C=O) groups excluding carboxylic acids is 6.